The number of halogens is 3. The van der Waals surface area contributed by atoms with Crippen LogP contribution in [0.4, 0.5) is 18.0 Å². The molecule has 0 aliphatic carbocycles. The normalized spacial score (nSPS) is 17.0. The van der Waals surface area contributed by atoms with Crippen molar-refractivity contribution in [2.75, 3.05) is 91.0 Å². The maximum Gasteiger partial charge on any atom is 0.416 e. The number of ketones is 5. The average molecular weight is 1880 g/mol. The largest absolute Gasteiger partial charge is 0.508 e. The summed E-state index contributed by atoms with van der Waals surface area (Å²) in [6.45, 7) is 14.7. The van der Waals surface area contributed by atoms with Gasteiger partial charge in [0.1, 0.15) is 34.6 Å². The van der Waals surface area contributed by atoms with E-state index in [0.717, 1.165) is 70.0 Å². The van der Waals surface area contributed by atoms with E-state index in [-0.39, 0.29) is 198 Å². The molecule has 4 aromatic rings. The van der Waals surface area contributed by atoms with Crippen molar-refractivity contribution in [1.82, 2.24) is 35.6 Å². The molecule has 0 spiro atoms. The minimum absolute atomic E-state index is 0.00571. The predicted octanol–water partition coefficient (Wildman–Crippen LogP) is 11.9. The molecule has 130 heavy (non-hydrogen) atoms. The van der Waals surface area contributed by atoms with Crippen LogP contribution in [-0.2, 0) is 100 Å². The number of aliphatic imine (C=N–C) groups is 1. The highest BCUT2D eigenvalue weighted by atomic mass is 33.1. The van der Waals surface area contributed by atoms with Crippen molar-refractivity contribution < 1.29 is 119 Å². The standard InChI is InChI=1S/C92H131F3N10O22S3/c1-10-20-83(115)126-56-105(88(118)72(59(6)11-2)48-78(111)75-25-15-16-33-103(75)9)76(57(3)4)50-81(127-61(8)106)87-102-74(55-128-87)86(117)100-68(45-62-27-29-69(107)30-28-62)43-60(7)79(112)51-99-91(121)124-39-40-129-130-54-66(89(119)120)47-77(110)73(49-82(113)114)101-85(116)65(23-17-32-98-90(96)97)46-70(108)31-36-123-38-37-122-35-19-24-71(109)52-104-34-18-26-80(84(104)64-21-13-12-14-22-64)125-53-63-41-58(5)42-67(44-63)92(93,94)95/h12-14,21-22,27-30,41-42,44,55,57,59-60,65-66,68,72-73,75-76,80-81,84,107H,10-11,15-20,23-26,31-40,43,45-54,56H2,1-9H3,(H,99,121)(H,100,117)(H,101,116)(H,113,114)(H,119,120)(H4,96,97,98)/t59-,60-,65?,66-,68+,72?,73+,75?,76+,80-,81+,84-/m0/s1. The number of carboxylic acid groups (broad SMARTS) is 2. The van der Waals surface area contributed by atoms with Crippen LogP contribution in [0, 0.1) is 42.4 Å². The number of hydrogen-bond donors (Lipinski definition) is 8. The Bertz CT molecular complexity index is 4350. The van der Waals surface area contributed by atoms with Gasteiger partial charge in [0, 0.05) is 112 Å². The molecule has 12 atom stereocenters. The Morgan fingerprint density at radius 2 is 1.48 bits per heavy atom. The predicted molar refractivity (Wildman–Crippen MR) is 485 cm³/mol. The lowest BCUT2D eigenvalue weighted by atomic mass is 9.82. The molecule has 38 heteroatoms. The number of aromatic nitrogens is 1. The molecule has 10 N–H and O–H groups in total. The van der Waals surface area contributed by atoms with Gasteiger partial charge in [-0.05, 0) is 144 Å². The Kier molecular flexibility index (Phi) is 48.0. The zero-order valence-electron chi connectivity index (χ0n) is 75.9. The number of aliphatic carboxylic acids is 2. The molecule has 2 saturated heterocycles. The van der Waals surface area contributed by atoms with Crippen LogP contribution in [0.1, 0.15) is 226 Å². The van der Waals surface area contributed by atoms with Crippen LogP contribution in [0.25, 0.3) is 0 Å². The van der Waals surface area contributed by atoms with Gasteiger partial charge in [-0.3, -0.25) is 72.3 Å². The second-order valence-corrected chi connectivity index (χ2v) is 37.2. The number of phenolic OH excluding ortho intramolecular Hbond substituents is 1. The number of phenols is 1. The Morgan fingerprint density at radius 3 is 2.15 bits per heavy atom. The molecule has 2 fully saturated rings. The van der Waals surface area contributed by atoms with E-state index in [1.54, 1.807) is 32.0 Å². The van der Waals surface area contributed by atoms with E-state index in [1.165, 1.54) is 29.3 Å². The molecule has 3 aromatic carbocycles. The lowest BCUT2D eigenvalue weighted by Crippen LogP contribution is -2.50. The van der Waals surface area contributed by atoms with Crippen molar-refractivity contribution in [3.63, 3.8) is 0 Å². The number of benzene rings is 3. The Hall–Kier alpha value is -9.44. The van der Waals surface area contributed by atoms with Gasteiger partial charge < -0.3 is 76.1 Å². The third kappa shape index (κ3) is 39.2. The highest BCUT2D eigenvalue weighted by Crippen LogP contribution is 2.38. The average Bonchev–Trinajstić information content (AvgIpc) is 0.950. The SMILES string of the molecule is CCCC(=O)OCN(C(=O)C(CC(=O)C1CCCCN1C)[C@@H](C)CC)[C@H](C[C@@H](OC(C)=O)c1nc(C(=O)N[C@@H](Cc2ccc(O)cc2)C[C@H](C)C(=O)CNC(=O)OCCSSC[C@H](CC(=O)[C@@H](CC(=O)O)NC(=O)C(CCCN=C(N)N)CC(=O)CCOCCOCCCC(=O)CN2CCC[C@H](OCc3cc(C)cc(C(F)(F)F)c3)[C@@H]2c2ccccc2)C(=O)O)cs1)C(C)C. The molecule has 720 valence electrons. The van der Waals surface area contributed by atoms with Gasteiger partial charge in [-0.25, -0.2) is 9.78 Å². The summed E-state index contributed by atoms with van der Waals surface area (Å²) in [5, 5.41) is 39.7. The van der Waals surface area contributed by atoms with Crippen LogP contribution in [0.15, 0.2) is 83.2 Å². The van der Waals surface area contributed by atoms with E-state index in [1.807, 2.05) is 76.9 Å². The second-order valence-electron chi connectivity index (χ2n) is 33.7. The van der Waals surface area contributed by atoms with Gasteiger partial charge in [-0.1, -0.05) is 130 Å². The number of nitrogens with two attached hydrogens (primary N) is 2. The van der Waals surface area contributed by atoms with E-state index in [2.05, 4.69) is 30.8 Å². The zero-order chi connectivity index (χ0) is 95.6. The van der Waals surface area contributed by atoms with Gasteiger partial charge in [0.05, 0.1) is 81.6 Å². The number of aromatic hydroxyl groups is 1. The number of ether oxygens (including phenoxy) is 6. The fourth-order valence-corrected chi connectivity index (χ4v) is 18.7. The lowest BCUT2D eigenvalue weighted by Gasteiger charge is -2.41. The molecular weight excluding hydrogens is 1750 g/mol. The van der Waals surface area contributed by atoms with Crippen molar-refractivity contribution in [2.24, 2.45) is 52.0 Å². The zero-order valence-corrected chi connectivity index (χ0v) is 78.3. The van der Waals surface area contributed by atoms with Gasteiger partial charge in [0.2, 0.25) is 11.8 Å². The molecule has 0 bridgehead atoms. The smallest absolute Gasteiger partial charge is 0.416 e. The number of carbonyl (C=O) groups is 13. The van der Waals surface area contributed by atoms with E-state index in [9.17, 15) is 86.0 Å². The van der Waals surface area contributed by atoms with Gasteiger partial charge in [0.25, 0.3) is 5.91 Å². The van der Waals surface area contributed by atoms with Crippen molar-refractivity contribution in [3.05, 3.63) is 117 Å². The summed E-state index contributed by atoms with van der Waals surface area (Å²) in [5.41, 5.74) is 12.7. The minimum atomic E-state index is -4.50. The fraction of sp³-hybridized carbons (Fsp3) is 0.620. The molecule has 1 aromatic heterocycles. The van der Waals surface area contributed by atoms with Crippen molar-refractivity contribution in [3.8, 4) is 5.75 Å². The summed E-state index contributed by atoms with van der Waals surface area (Å²) in [5.74, 6) is -12.6. The monoisotopic (exact) mass is 1880 g/mol. The van der Waals surface area contributed by atoms with Crippen LogP contribution in [0.3, 0.4) is 0 Å². The maximum absolute atomic E-state index is 15.1. The van der Waals surface area contributed by atoms with Crippen LogP contribution in [0.5, 0.6) is 5.75 Å². The van der Waals surface area contributed by atoms with Gasteiger partial charge in [-0.15, -0.1) is 11.3 Å². The molecule has 2 aliphatic heterocycles. The number of Topliss-reactive ketones (excluding diaryl/α,β-unsaturated/α-hetero) is 5. The number of guanidine groups is 1. The van der Waals surface area contributed by atoms with Crippen LogP contribution >= 0.6 is 32.9 Å². The molecule has 4 amide bonds. The highest BCUT2D eigenvalue weighted by Gasteiger charge is 2.42. The molecule has 3 heterocycles. The number of esters is 2. The quantitative estimate of drug-likeness (QED) is 0.00387. The van der Waals surface area contributed by atoms with Crippen molar-refractivity contribution in [1.29, 1.82) is 0 Å². The molecule has 32 nitrogen and oxygen atoms in total. The molecular formula is C92H131F3N10O22S3. The number of hydrogen-bond acceptors (Lipinski definition) is 27. The number of piperidine rings is 2. The number of alkyl carbamates (subject to hydrolysis) is 1. The number of carbonyl (C=O) groups excluding carboxylic acids is 11. The van der Waals surface area contributed by atoms with E-state index in [0.29, 0.717) is 61.8 Å². The number of carboxylic acids is 2. The number of rotatable bonds is 61. The number of likely N-dealkylation sites (N-methyl/N-ethyl adjacent to an activating group) is 1. The van der Waals surface area contributed by atoms with Gasteiger partial charge in [-0.2, -0.15) is 13.2 Å². The first-order valence-electron chi connectivity index (χ1n) is 44.5. The molecule has 3 unspecified atom stereocenters. The summed E-state index contributed by atoms with van der Waals surface area (Å²) in [6, 6.07) is 15.8. The summed E-state index contributed by atoms with van der Waals surface area (Å²) in [4.78, 5) is 189. The van der Waals surface area contributed by atoms with E-state index in [4.69, 9.17) is 39.9 Å². The molecule has 0 saturated carbocycles. The summed E-state index contributed by atoms with van der Waals surface area (Å²) in [6.07, 6.45) is -2.94. The number of amides is 4. The van der Waals surface area contributed by atoms with Crippen LogP contribution in [-0.4, -0.2) is 239 Å². The Morgan fingerprint density at radius 1 is 0.762 bits per heavy atom. The Balaban J connectivity index is 0.947. The minimum Gasteiger partial charge on any atom is -0.508 e. The fourth-order valence-electron chi connectivity index (χ4n) is 15.7. The summed E-state index contributed by atoms with van der Waals surface area (Å²) in [7, 11) is 4.02. The lowest BCUT2D eigenvalue weighted by molar-refractivity contribution is -0.162. The number of alkyl halides is 3. The first kappa shape index (κ1) is 109. The highest BCUT2D eigenvalue weighted by molar-refractivity contribution is 8.76. The first-order valence-corrected chi connectivity index (χ1v) is 47.9. The van der Waals surface area contributed by atoms with Crippen LogP contribution in [0.2, 0.25) is 0 Å². The van der Waals surface area contributed by atoms with E-state index < -0.39 is 145 Å². The Labute approximate surface area is 770 Å². The van der Waals surface area contributed by atoms with Crippen molar-refractivity contribution in [2.45, 2.75) is 239 Å². The topological polar surface area (TPSA) is 461 Å². The molecule has 2 aliphatic rings. The second kappa shape index (κ2) is 57.1. The summed E-state index contributed by atoms with van der Waals surface area (Å²) < 4.78 is 75.6. The van der Waals surface area contributed by atoms with Gasteiger partial charge in [0.15, 0.2) is 36.1 Å². The number of aryl methyl sites for hydroxylation is 1. The molecule has 6 rings (SSSR count). The first-order chi connectivity index (χ1) is 61.8. The summed E-state index contributed by atoms with van der Waals surface area (Å²) >= 11 is 1.04. The maximum atomic E-state index is 15.1. The van der Waals surface area contributed by atoms with E-state index >= 15 is 4.79 Å². The number of thiazole rings is 1. The van der Waals surface area contributed by atoms with Crippen molar-refractivity contribution >= 4 is 115 Å². The number of nitrogens with zero attached hydrogens (tertiary/aromatic N) is 5. The third-order valence-corrected chi connectivity index (χ3v) is 26.3. The number of likely N-dealkylation sites (tertiary alicyclic amines) is 2. The number of nitrogens with one attached hydrogen (secondary N) is 3. The van der Waals surface area contributed by atoms with Crippen LogP contribution < -0.4 is 27.4 Å². The third-order valence-electron chi connectivity index (χ3n) is 22.9. The molecule has 0 radical (unpaired) electrons. The van der Waals surface area contributed by atoms with Gasteiger partial charge >= 0.3 is 36.1 Å².